The van der Waals surface area contributed by atoms with Gasteiger partial charge in [-0.1, -0.05) is 50.1 Å². The summed E-state index contributed by atoms with van der Waals surface area (Å²) in [6, 6.07) is 14.5. The Kier molecular flexibility index (Phi) is 5.71. The van der Waals surface area contributed by atoms with E-state index in [2.05, 4.69) is 78.7 Å². The molecule has 100 valence electrons. The van der Waals surface area contributed by atoms with Gasteiger partial charge in [-0.3, -0.25) is 0 Å². The van der Waals surface area contributed by atoms with Gasteiger partial charge in [0.2, 0.25) is 0 Å². The quantitative estimate of drug-likeness (QED) is 0.388. The molecule has 0 aliphatic rings. The van der Waals surface area contributed by atoms with E-state index in [9.17, 15) is 0 Å². The fraction of sp³-hybridized carbons (Fsp3) is 0.200. The minimum absolute atomic E-state index is 0.257. The van der Waals surface area contributed by atoms with Crippen LogP contribution in [0.3, 0.4) is 0 Å². The van der Waals surface area contributed by atoms with Crippen molar-refractivity contribution in [1.29, 1.82) is 0 Å². The molecule has 2 rings (SSSR count). The third-order valence-electron chi connectivity index (χ3n) is 2.89. The van der Waals surface area contributed by atoms with E-state index in [0.29, 0.717) is 0 Å². The molecule has 1 nitrogen and oxygen atoms in total. The fourth-order valence-electron chi connectivity index (χ4n) is 1.93. The monoisotopic (exact) mass is 494 g/mol. The Bertz CT molecular complexity index is 572. The van der Waals surface area contributed by atoms with Crippen molar-refractivity contribution in [3.8, 4) is 5.75 Å². The van der Waals surface area contributed by atoms with E-state index < -0.39 is 0 Å². The average Bonchev–Trinajstić information content (AvgIpc) is 2.42. The second-order valence-electron chi connectivity index (χ2n) is 4.15. The second-order valence-corrected chi connectivity index (χ2v) is 7.35. The zero-order valence-electron chi connectivity index (χ0n) is 10.4. The molecule has 19 heavy (non-hydrogen) atoms. The van der Waals surface area contributed by atoms with Crippen LogP contribution in [-0.4, -0.2) is 7.11 Å². The Hall–Kier alpha value is -0.0700. The highest BCUT2D eigenvalue weighted by atomic mass is 127. The van der Waals surface area contributed by atoms with Gasteiger partial charge in [-0.15, -0.1) is 0 Å². The van der Waals surface area contributed by atoms with Crippen molar-refractivity contribution in [1.82, 2.24) is 0 Å². The molecular weight excluding hydrogens is 483 g/mol. The van der Waals surface area contributed by atoms with E-state index in [1.54, 1.807) is 7.11 Å². The zero-order valence-corrected chi connectivity index (χ0v) is 15.7. The van der Waals surface area contributed by atoms with E-state index in [1.165, 1.54) is 14.7 Å². The SMILES string of the molecule is COc1ccccc1CC(Br)c1cc(I)ccc1Br. The molecule has 0 radical (unpaired) electrons. The molecular formula is C15H13Br2IO. The number of alkyl halides is 1. The maximum atomic E-state index is 5.40. The second kappa shape index (κ2) is 7.09. The van der Waals surface area contributed by atoms with E-state index in [1.807, 2.05) is 18.2 Å². The predicted octanol–water partition coefficient (Wildman–Crippen LogP) is 5.74. The molecule has 0 fully saturated rings. The number of hydrogen-bond donors (Lipinski definition) is 0. The molecule has 0 aromatic heterocycles. The molecule has 2 aromatic rings. The largest absolute Gasteiger partial charge is 0.496 e. The van der Waals surface area contributed by atoms with E-state index in [4.69, 9.17) is 4.74 Å². The van der Waals surface area contributed by atoms with Gasteiger partial charge in [0.05, 0.1) is 7.11 Å². The van der Waals surface area contributed by atoms with E-state index >= 15 is 0 Å². The molecule has 0 aliphatic heterocycles. The standard InChI is InChI=1S/C15H13Br2IO/c1-19-15-5-3-2-4-10(15)8-14(17)12-9-11(18)6-7-13(12)16/h2-7,9,14H,8H2,1H3. The number of hydrogen-bond acceptors (Lipinski definition) is 1. The summed E-state index contributed by atoms with van der Waals surface area (Å²) in [5.74, 6) is 0.939. The van der Waals surface area contributed by atoms with E-state index in [-0.39, 0.29) is 4.83 Å². The molecule has 0 saturated carbocycles. The van der Waals surface area contributed by atoms with Crippen molar-refractivity contribution in [2.24, 2.45) is 0 Å². The first-order valence-electron chi connectivity index (χ1n) is 5.82. The number of para-hydroxylation sites is 1. The van der Waals surface area contributed by atoms with Gasteiger partial charge < -0.3 is 4.74 Å². The lowest BCUT2D eigenvalue weighted by Gasteiger charge is -2.15. The molecule has 0 aliphatic carbocycles. The lowest BCUT2D eigenvalue weighted by atomic mass is 10.0. The van der Waals surface area contributed by atoms with Crippen LogP contribution in [0.1, 0.15) is 16.0 Å². The molecule has 1 atom stereocenters. The molecule has 0 bridgehead atoms. The Morgan fingerprint density at radius 1 is 1.21 bits per heavy atom. The van der Waals surface area contributed by atoms with Crippen LogP contribution in [-0.2, 0) is 6.42 Å². The van der Waals surface area contributed by atoms with Crippen LogP contribution in [0.25, 0.3) is 0 Å². The van der Waals surface area contributed by atoms with Crippen LogP contribution >= 0.6 is 54.5 Å². The van der Waals surface area contributed by atoms with Gasteiger partial charge in [-0.25, -0.2) is 0 Å². The van der Waals surface area contributed by atoms with Crippen LogP contribution in [0.5, 0.6) is 5.75 Å². The maximum absolute atomic E-state index is 5.40. The maximum Gasteiger partial charge on any atom is 0.122 e. The Morgan fingerprint density at radius 3 is 2.68 bits per heavy atom. The minimum Gasteiger partial charge on any atom is -0.496 e. The first-order valence-corrected chi connectivity index (χ1v) is 8.61. The third kappa shape index (κ3) is 3.95. The topological polar surface area (TPSA) is 9.23 Å². The smallest absolute Gasteiger partial charge is 0.122 e. The first kappa shape index (κ1) is 15.3. The van der Waals surface area contributed by atoms with Gasteiger partial charge >= 0.3 is 0 Å². The summed E-state index contributed by atoms with van der Waals surface area (Å²) in [5, 5.41) is 0. The van der Waals surface area contributed by atoms with Crippen molar-refractivity contribution in [2.75, 3.05) is 7.11 Å². The number of benzene rings is 2. The third-order valence-corrected chi connectivity index (χ3v) is 5.10. The Balaban J connectivity index is 2.25. The fourth-order valence-corrected chi connectivity index (χ4v) is 4.00. The predicted molar refractivity (Wildman–Crippen MR) is 95.2 cm³/mol. The first-order chi connectivity index (χ1) is 9.11. The van der Waals surface area contributed by atoms with Crippen molar-refractivity contribution in [3.05, 3.63) is 61.6 Å². The zero-order chi connectivity index (χ0) is 13.8. The molecule has 0 heterocycles. The molecule has 4 heteroatoms. The van der Waals surface area contributed by atoms with Gasteiger partial charge in [0, 0.05) is 12.9 Å². The molecule has 0 spiro atoms. The highest BCUT2D eigenvalue weighted by Gasteiger charge is 2.14. The van der Waals surface area contributed by atoms with E-state index in [0.717, 1.165) is 16.6 Å². The number of halogens is 3. The minimum atomic E-state index is 0.257. The number of methoxy groups -OCH3 is 1. The molecule has 1 unspecified atom stereocenters. The molecule has 2 aromatic carbocycles. The molecule has 0 saturated heterocycles. The highest BCUT2D eigenvalue weighted by molar-refractivity contribution is 14.1. The van der Waals surface area contributed by atoms with Crippen LogP contribution in [0, 0.1) is 3.57 Å². The highest BCUT2D eigenvalue weighted by Crippen LogP contribution is 2.35. The van der Waals surface area contributed by atoms with Crippen LogP contribution in [0.4, 0.5) is 0 Å². The van der Waals surface area contributed by atoms with Crippen LogP contribution in [0.2, 0.25) is 0 Å². The lowest BCUT2D eigenvalue weighted by molar-refractivity contribution is 0.409. The van der Waals surface area contributed by atoms with Crippen LogP contribution in [0.15, 0.2) is 46.9 Å². The number of rotatable bonds is 4. The van der Waals surface area contributed by atoms with Gasteiger partial charge in [0.1, 0.15) is 5.75 Å². The summed E-state index contributed by atoms with van der Waals surface area (Å²) >= 11 is 9.73. The van der Waals surface area contributed by atoms with Gasteiger partial charge in [-0.2, -0.15) is 0 Å². The Labute approximate surface area is 144 Å². The lowest BCUT2D eigenvalue weighted by Crippen LogP contribution is -1.99. The summed E-state index contributed by atoms with van der Waals surface area (Å²) < 4.78 is 7.77. The van der Waals surface area contributed by atoms with Gasteiger partial charge in [0.15, 0.2) is 0 Å². The average molecular weight is 496 g/mol. The summed E-state index contributed by atoms with van der Waals surface area (Å²) in [5.41, 5.74) is 2.47. The molecule has 0 N–H and O–H groups in total. The van der Waals surface area contributed by atoms with Crippen LogP contribution < -0.4 is 4.74 Å². The summed E-state index contributed by atoms with van der Waals surface area (Å²) in [7, 11) is 1.71. The van der Waals surface area contributed by atoms with Crippen molar-refractivity contribution < 1.29 is 4.74 Å². The van der Waals surface area contributed by atoms with Crippen molar-refractivity contribution >= 4 is 54.5 Å². The van der Waals surface area contributed by atoms with Gasteiger partial charge in [0.25, 0.3) is 0 Å². The van der Waals surface area contributed by atoms with Crippen molar-refractivity contribution in [2.45, 2.75) is 11.2 Å². The van der Waals surface area contributed by atoms with Crippen molar-refractivity contribution in [3.63, 3.8) is 0 Å². The summed E-state index contributed by atoms with van der Waals surface area (Å²) in [4.78, 5) is 0.257. The number of ether oxygens (including phenoxy) is 1. The summed E-state index contributed by atoms with van der Waals surface area (Å²) in [6.07, 6.45) is 0.892. The normalized spacial score (nSPS) is 12.2. The Morgan fingerprint density at radius 2 is 1.95 bits per heavy atom. The molecule has 0 amide bonds. The van der Waals surface area contributed by atoms with Gasteiger partial charge in [-0.05, 0) is 64.4 Å². The summed E-state index contributed by atoms with van der Waals surface area (Å²) in [6.45, 7) is 0.